The molecule has 3 aromatic rings. The Bertz CT molecular complexity index is 993. The van der Waals surface area contributed by atoms with Crippen molar-refractivity contribution in [1.29, 1.82) is 0 Å². The molecule has 3 rings (SSSR count). The van der Waals surface area contributed by atoms with E-state index >= 15 is 0 Å². The van der Waals surface area contributed by atoms with Crippen LogP contribution in [0.5, 0.6) is 5.75 Å². The summed E-state index contributed by atoms with van der Waals surface area (Å²) in [5.41, 5.74) is 5.04. The fourth-order valence-electron chi connectivity index (χ4n) is 4.00. The second kappa shape index (κ2) is 12.5. The summed E-state index contributed by atoms with van der Waals surface area (Å²) in [6.45, 7) is 4.21. The SMILES string of the molecule is C[C@H](Cc1cccc(CCN(C)Cc2ccccc2)c1)NCC(O)c1ccc(O)c(CO)c1. The van der Waals surface area contributed by atoms with Crippen molar-refractivity contribution in [2.45, 2.75) is 45.1 Å². The van der Waals surface area contributed by atoms with Crippen molar-refractivity contribution in [3.05, 3.63) is 101 Å². The summed E-state index contributed by atoms with van der Waals surface area (Å²) in [7, 11) is 2.16. The minimum Gasteiger partial charge on any atom is -0.508 e. The zero-order chi connectivity index (χ0) is 23.6. The number of aliphatic hydroxyl groups is 2. The Balaban J connectivity index is 1.46. The van der Waals surface area contributed by atoms with E-state index in [9.17, 15) is 15.3 Å². The van der Waals surface area contributed by atoms with Crippen LogP contribution in [0.4, 0.5) is 0 Å². The Morgan fingerprint density at radius 3 is 2.39 bits per heavy atom. The van der Waals surface area contributed by atoms with Gasteiger partial charge in [-0.3, -0.25) is 0 Å². The number of hydrogen-bond donors (Lipinski definition) is 4. The predicted octanol–water partition coefficient (Wildman–Crippen LogP) is 3.81. The quantitative estimate of drug-likeness (QED) is 0.339. The largest absolute Gasteiger partial charge is 0.508 e. The fourth-order valence-corrected chi connectivity index (χ4v) is 4.00. The van der Waals surface area contributed by atoms with Crippen molar-refractivity contribution < 1.29 is 15.3 Å². The van der Waals surface area contributed by atoms with Crippen LogP contribution < -0.4 is 5.32 Å². The molecule has 0 heterocycles. The number of nitrogens with zero attached hydrogens (tertiary/aromatic N) is 1. The number of phenols is 1. The van der Waals surface area contributed by atoms with Gasteiger partial charge in [0.1, 0.15) is 5.75 Å². The average Bonchev–Trinajstić information content (AvgIpc) is 2.82. The van der Waals surface area contributed by atoms with Crippen molar-refractivity contribution in [3.8, 4) is 5.75 Å². The molecular weight excluding hydrogens is 412 g/mol. The first-order chi connectivity index (χ1) is 15.9. The van der Waals surface area contributed by atoms with Crippen LogP contribution in [0.2, 0.25) is 0 Å². The lowest BCUT2D eigenvalue weighted by Crippen LogP contribution is -2.32. The summed E-state index contributed by atoms with van der Waals surface area (Å²) in [4.78, 5) is 2.35. The van der Waals surface area contributed by atoms with Gasteiger partial charge in [-0.05, 0) is 61.2 Å². The first-order valence-electron chi connectivity index (χ1n) is 11.6. The zero-order valence-electron chi connectivity index (χ0n) is 19.6. The molecule has 0 aromatic heterocycles. The highest BCUT2D eigenvalue weighted by atomic mass is 16.3. The minimum absolute atomic E-state index is 0.0425. The smallest absolute Gasteiger partial charge is 0.121 e. The van der Waals surface area contributed by atoms with E-state index in [0.717, 1.165) is 25.9 Å². The van der Waals surface area contributed by atoms with Gasteiger partial charge in [0, 0.05) is 31.2 Å². The van der Waals surface area contributed by atoms with Gasteiger partial charge < -0.3 is 25.5 Å². The zero-order valence-corrected chi connectivity index (χ0v) is 19.6. The molecule has 33 heavy (non-hydrogen) atoms. The van der Waals surface area contributed by atoms with E-state index in [2.05, 4.69) is 72.7 Å². The first kappa shape index (κ1) is 24.9. The molecule has 4 N–H and O–H groups in total. The predicted molar refractivity (Wildman–Crippen MR) is 133 cm³/mol. The third kappa shape index (κ3) is 7.98. The molecule has 0 aliphatic carbocycles. The molecule has 5 nitrogen and oxygen atoms in total. The molecule has 3 aromatic carbocycles. The fraction of sp³-hybridized carbons (Fsp3) is 0.357. The van der Waals surface area contributed by atoms with Crippen LogP contribution in [0.25, 0.3) is 0 Å². The summed E-state index contributed by atoms with van der Waals surface area (Å²) in [5.74, 6) is 0.0425. The Hall–Kier alpha value is -2.70. The highest BCUT2D eigenvalue weighted by molar-refractivity contribution is 5.36. The Kier molecular flexibility index (Phi) is 9.46. The third-order valence-corrected chi connectivity index (χ3v) is 5.93. The number of aliphatic hydroxyl groups excluding tert-OH is 2. The molecule has 176 valence electrons. The Labute approximate surface area is 197 Å². The van der Waals surface area contributed by atoms with Gasteiger partial charge >= 0.3 is 0 Å². The van der Waals surface area contributed by atoms with Crippen LogP contribution >= 0.6 is 0 Å². The van der Waals surface area contributed by atoms with Crippen molar-refractivity contribution in [2.75, 3.05) is 20.1 Å². The van der Waals surface area contributed by atoms with Gasteiger partial charge in [-0.15, -0.1) is 0 Å². The summed E-state index contributed by atoms with van der Waals surface area (Å²) >= 11 is 0. The van der Waals surface area contributed by atoms with E-state index in [4.69, 9.17) is 0 Å². The van der Waals surface area contributed by atoms with Gasteiger partial charge in [-0.2, -0.15) is 0 Å². The molecule has 0 aliphatic rings. The monoisotopic (exact) mass is 448 g/mol. The molecular formula is C28H36N2O3. The number of hydrogen-bond acceptors (Lipinski definition) is 5. The average molecular weight is 449 g/mol. The molecule has 0 aliphatic heterocycles. The molecule has 0 radical (unpaired) electrons. The Morgan fingerprint density at radius 2 is 1.64 bits per heavy atom. The second-order valence-corrected chi connectivity index (χ2v) is 8.87. The van der Waals surface area contributed by atoms with Gasteiger partial charge in [-0.1, -0.05) is 60.7 Å². The standard InChI is InChI=1S/C28H36N2O3/c1-21(29-18-28(33)25-11-12-27(32)26(17-25)20-31)15-24-10-6-9-22(16-24)13-14-30(2)19-23-7-4-3-5-8-23/h3-12,16-17,21,28-29,31-33H,13-15,18-20H2,1-2H3/t21-,28?/m1/s1. The highest BCUT2D eigenvalue weighted by Gasteiger charge is 2.12. The maximum Gasteiger partial charge on any atom is 0.121 e. The molecule has 0 saturated carbocycles. The van der Waals surface area contributed by atoms with E-state index in [1.165, 1.54) is 22.8 Å². The third-order valence-electron chi connectivity index (χ3n) is 5.93. The van der Waals surface area contributed by atoms with Crippen LogP contribution in [0.15, 0.2) is 72.8 Å². The van der Waals surface area contributed by atoms with Crippen LogP contribution in [-0.2, 0) is 26.0 Å². The lowest BCUT2D eigenvalue weighted by atomic mass is 10.0. The van der Waals surface area contributed by atoms with Crippen molar-refractivity contribution in [1.82, 2.24) is 10.2 Å². The van der Waals surface area contributed by atoms with Crippen molar-refractivity contribution >= 4 is 0 Å². The molecule has 0 fully saturated rings. The van der Waals surface area contributed by atoms with Gasteiger partial charge in [0.2, 0.25) is 0 Å². The van der Waals surface area contributed by atoms with Gasteiger partial charge in [0.15, 0.2) is 0 Å². The van der Waals surface area contributed by atoms with E-state index in [1.54, 1.807) is 12.1 Å². The minimum atomic E-state index is -0.704. The normalized spacial score (nSPS) is 13.2. The molecule has 0 bridgehead atoms. The number of nitrogens with one attached hydrogen (secondary N) is 1. The van der Waals surface area contributed by atoms with Crippen LogP contribution in [0.1, 0.15) is 40.8 Å². The molecule has 5 heteroatoms. The lowest BCUT2D eigenvalue weighted by Gasteiger charge is -2.19. The molecule has 0 amide bonds. The molecule has 1 unspecified atom stereocenters. The van der Waals surface area contributed by atoms with Crippen molar-refractivity contribution in [3.63, 3.8) is 0 Å². The van der Waals surface area contributed by atoms with E-state index in [-0.39, 0.29) is 18.4 Å². The summed E-state index contributed by atoms with van der Waals surface area (Å²) in [6, 6.07) is 24.3. The van der Waals surface area contributed by atoms with Crippen LogP contribution in [-0.4, -0.2) is 46.4 Å². The summed E-state index contributed by atoms with van der Waals surface area (Å²) < 4.78 is 0. The van der Waals surface area contributed by atoms with Gasteiger partial charge in [-0.25, -0.2) is 0 Å². The van der Waals surface area contributed by atoms with Gasteiger partial charge in [0.25, 0.3) is 0 Å². The van der Waals surface area contributed by atoms with Crippen molar-refractivity contribution in [2.24, 2.45) is 0 Å². The number of aromatic hydroxyl groups is 1. The van der Waals surface area contributed by atoms with E-state index in [0.29, 0.717) is 17.7 Å². The van der Waals surface area contributed by atoms with Crippen LogP contribution in [0.3, 0.4) is 0 Å². The summed E-state index contributed by atoms with van der Waals surface area (Å²) in [6.07, 6.45) is 1.17. The number of benzene rings is 3. The maximum atomic E-state index is 10.5. The summed E-state index contributed by atoms with van der Waals surface area (Å²) in [5, 5.41) is 32.9. The van der Waals surface area contributed by atoms with E-state index in [1.807, 2.05) is 6.07 Å². The second-order valence-electron chi connectivity index (χ2n) is 8.87. The first-order valence-corrected chi connectivity index (χ1v) is 11.6. The molecule has 2 atom stereocenters. The van der Waals surface area contributed by atoms with Crippen LogP contribution in [0, 0.1) is 0 Å². The highest BCUT2D eigenvalue weighted by Crippen LogP contribution is 2.22. The maximum absolute atomic E-state index is 10.5. The Morgan fingerprint density at radius 1 is 0.909 bits per heavy atom. The van der Waals surface area contributed by atoms with E-state index < -0.39 is 6.10 Å². The van der Waals surface area contributed by atoms with Gasteiger partial charge in [0.05, 0.1) is 12.7 Å². The molecule has 0 spiro atoms. The topological polar surface area (TPSA) is 76.0 Å². The molecule has 0 saturated heterocycles. The number of rotatable bonds is 12. The lowest BCUT2D eigenvalue weighted by molar-refractivity contribution is 0.170. The number of likely N-dealkylation sites (N-methyl/N-ethyl adjacent to an activating group) is 1.